The molecule has 0 aliphatic carbocycles. The molecule has 1 fully saturated rings. The smallest absolute Gasteiger partial charge is 0.397 e. The number of sulfonamides is 1. The molecule has 18 heteroatoms. The lowest BCUT2D eigenvalue weighted by atomic mass is 10.1. The first-order valence-corrected chi connectivity index (χ1v) is 13.1. The number of hydrogen-bond acceptors (Lipinski definition) is 8. The first-order chi connectivity index (χ1) is 19.0. The SMILES string of the molecule is C[C@H]1[C@H](F)C[C@@H](C(=O)NCc2cc(-c3cnc(C(F)(F)F)nc3)ncc2C(F)(F)F)N1S(=O)(=O)c1ccc(N)cn1. The highest BCUT2D eigenvalue weighted by atomic mass is 32.2. The summed E-state index contributed by atoms with van der Waals surface area (Å²) < 4.78 is 121. The number of anilines is 1. The van der Waals surface area contributed by atoms with Gasteiger partial charge in [0.05, 0.1) is 29.2 Å². The maximum Gasteiger partial charge on any atom is 0.451 e. The molecule has 4 heterocycles. The Hall–Kier alpha value is -3.93. The third-order valence-electron chi connectivity index (χ3n) is 6.23. The van der Waals surface area contributed by atoms with Gasteiger partial charge < -0.3 is 11.1 Å². The van der Waals surface area contributed by atoms with Crippen LogP contribution in [0.25, 0.3) is 11.3 Å². The Balaban J connectivity index is 1.61. The molecule has 41 heavy (non-hydrogen) atoms. The monoisotopic (exact) mass is 607 g/mol. The molecule has 0 saturated carbocycles. The second kappa shape index (κ2) is 10.8. The fourth-order valence-corrected chi connectivity index (χ4v) is 5.91. The van der Waals surface area contributed by atoms with E-state index < -0.39 is 81.5 Å². The zero-order valence-corrected chi connectivity index (χ0v) is 21.6. The van der Waals surface area contributed by atoms with E-state index in [4.69, 9.17) is 5.73 Å². The van der Waals surface area contributed by atoms with Crippen LogP contribution in [0.4, 0.5) is 36.4 Å². The molecule has 1 saturated heterocycles. The fourth-order valence-electron chi connectivity index (χ4n) is 4.18. The second-order valence-electron chi connectivity index (χ2n) is 9.01. The van der Waals surface area contributed by atoms with E-state index in [1.807, 2.05) is 0 Å². The van der Waals surface area contributed by atoms with E-state index in [9.17, 15) is 43.9 Å². The third-order valence-corrected chi connectivity index (χ3v) is 8.15. The van der Waals surface area contributed by atoms with Crippen LogP contribution in [-0.4, -0.2) is 56.8 Å². The van der Waals surface area contributed by atoms with E-state index in [0.717, 1.165) is 30.7 Å². The number of aromatic nitrogens is 4. The molecule has 220 valence electrons. The van der Waals surface area contributed by atoms with Crippen LogP contribution in [0.5, 0.6) is 0 Å². The minimum absolute atomic E-state index is 0.141. The third kappa shape index (κ3) is 6.22. The predicted octanol–water partition coefficient (Wildman–Crippen LogP) is 3.36. The van der Waals surface area contributed by atoms with E-state index in [1.165, 1.54) is 13.0 Å². The number of nitrogen functional groups attached to an aromatic ring is 1. The average molecular weight is 608 g/mol. The van der Waals surface area contributed by atoms with Crippen LogP contribution in [0.3, 0.4) is 0 Å². The Labute approximate surface area is 227 Å². The van der Waals surface area contributed by atoms with E-state index in [1.54, 1.807) is 0 Å². The lowest BCUT2D eigenvalue weighted by molar-refractivity contribution is -0.145. The van der Waals surface area contributed by atoms with Gasteiger partial charge in [-0.1, -0.05) is 0 Å². The molecule has 0 unspecified atom stereocenters. The number of nitrogens with one attached hydrogen (secondary N) is 1. The van der Waals surface area contributed by atoms with Crippen LogP contribution < -0.4 is 11.1 Å². The minimum Gasteiger partial charge on any atom is -0.397 e. The summed E-state index contributed by atoms with van der Waals surface area (Å²) in [5.74, 6) is -2.55. The van der Waals surface area contributed by atoms with Crippen molar-refractivity contribution >= 4 is 21.6 Å². The van der Waals surface area contributed by atoms with Gasteiger partial charge in [-0.05, 0) is 30.7 Å². The zero-order valence-electron chi connectivity index (χ0n) is 20.8. The van der Waals surface area contributed by atoms with E-state index in [0.29, 0.717) is 10.5 Å². The fraction of sp³-hybridized carbons (Fsp3) is 0.348. The minimum atomic E-state index is -4.94. The van der Waals surface area contributed by atoms with Crippen LogP contribution in [0.15, 0.2) is 48.0 Å². The summed E-state index contributed by atoms with van der Waals surface area (Å²) >= 11 is 0. The molecular formula is C23H20F7N7O3S. The summed E-state index contributed by atoms with van der Waals surface area (Å²) in [5.41, 5.74) is 3.49. The van der Waals surface area contributed by atoms with Crippen LogP contribution in [0.1, 0.15) is 30.3 Å². The molecule has 1 aliphatic heterocycles. The summed E-state index contributed by atoms with van der Waals surface area (Å²) in [5, 5.41) is 1.69. The highest BCUT2D eigenvalue weighted by molar-refractivity contribution is 7.89. The molecule has 1 amide bonds. The summed E-state index contributed by atoms with van der Waals surface area (Å²) in [4.78, 5) is 26.7. The average Bonchev–Trinajstić information content (AvgIpc) is 3.21. The Morgan fingerprint density at radius 1 is 1.02 bits per heavy atom. The molecule has 0 spiro atoms. The first-order valence-electron chi connectivity index (χ1n) is 11.6. The van der Waals surface area contributed by atoms with Crippen LogP contribution >= 0.6 is 0 Å². The van der Waals surface area contributed by atoms with E-state index in [2.05, 4.69) is 25.3 Å². The number of carbonyl (C=O) groups is 1. The molecule has 3 aromatic heterocycles. The molecular weight excluding hydrogens is 587 g/mol. The van der Waals surface area contributed by atoms with Gasteiger partial charge in [-0.15, -0.1) is 0 Å². The highest BCUT2D eigenvalue weighted by Gasteiger charge is 2.49. The Kier molecular flexibility index (Phi) is 7.92. The van der Waals surface area contributed by atoms with Gasteiger partial charge in [-0.25, -0.2) is 27.8 Å². The Morgan fingerprint density at radius 3 is 2.24 bits per heavy atom. The van der Waals surface area contributed by atoms with Gasteiger partial charge >= 0.3 is 12.4 Å². The molecule has 3 atom stereocenters. The number of rotatable bonds is 6. The first kappa shape index (κ1) is 30.0. The van der Waals surface area contributed by atoms with Gasteiger partial charge in [0.25, 0.3) is 10.0 Å². The summed E-state index contributed by atoms with van der Waals surface area (Å²) in [6.45, 7) is 0.427. The second-order valence-corrected chi connectivity index (χ2v) is 10.8. The number of halogens is 7. The molecule has 1 aliphatic rings. The number of carbonyl (C=O) groups excluding carboxylic acids is 1. The number of alkyl halides is 7. The number of nitrogens with two attached hydrogens (primary N) is 1. The van der Waals surface area contributed by atoms with Crippen LogP contribution in [0, 0.1) is 0 Å². The van der Waals surface area contributed by atoms with E-state index >= 15 is 0 Å². The largest absolute Gasteiger partial charge is 0.451 e. The number of amides is 1. The molecule has 4 rings (SSSR count). The molecule has 3 aromatic rings. The maximum atomic E-state index is 14.6. The predicted molar refractivity (Wildman–Crippen MR) is 128 cm³/mol. The number of hydrogen-bond donors (Lipinski definition) is 2. The number of pyridine rings is 2. The highest BCUT2D eigenvalue weighted by Crippen LogP contribution is 2.35. The van der Waals surface area contributed by atoms with Gasteiger partial charge in [0.15, 0.2) is 5.03 Å². The zero-order chi connectivity index (χ0) is 30.3. The Morgan fingerprint density at radius 2 is 1.68 bits per heavy atom. The normalized spacial score (nSPS) is 20.2. The quantitative estimate of drug-likeness (QED) is 0.406. The topological polar surface area (TPSA) is 144 Å². The van der Waals surface area contributed by atoms with Gasteiger partial charge in [0.2, 0.25) is 11.7 Å². The molecule has 10 nitrogen and oxygen atoms in total. The molecule has 0 bridgehead atoms. The summed E-state index contributed by atoms with van der Waals surface area (Å²) in [6, 6.07) is 0.259. The molecule has 0 radical (unpaired) electrons. The standard InChI is InChI=1S/C23H20F7N7O3S/c1-11-16(24)5-18(37(11)41(39,40)19-3-2-14(31)9-33-19)20(38)34-6-12-4-17(32-10-15(12)22(25,26)27)13-7-35-21(36-8-13)23(28,29)30/h2-4,7-11,16,18H,5-6,31H2,1H3,(H,34,38)/t11-,16+,18-/m0/s1. The van der Waals surface area contributed by atoms with Crippen molar-refractivity contribution in [2.75, 3.05) is 5.73 Å². The lowest BCUT2D eigenvalue weighted by Crippen LogP contribution is -2.48. The van der Waals surface area contributed by atoms with Crippen molar-refractivity contribution in [1.29, 1.82) is 0 Å². The van der Waals surface area contributed by atoms with Gasteiger partial charge in [0.1, 0.15) is 12.2 Å². The van der Waals surface area contributed by atoms with Crippen molar-refractivity contribution in [3.05, 3.63) is 59.9 Å². The van der Waals surface area contributed by atoms with Crippen molar-refractivity contribution in [3.8, 4) is 11.3 Å². The number of nitrogens with zero attached hydrogens (tertiary/aromatic N) is 5. The molecule has 0 aromatic carbocycles. The van der Waals surface area contributed by atoms with Gasteiger partial charge in [-0.2, -0.15) is 30.6 Å². The molecule has 3 N–H and O–H groups in total. The van der Waals surface area contributed by atoms with Crippen molar-refractivity contribution in [3.63, 3.8) is 0 Å². The maximum absolute atomic E-state index is 14.6. The van der Waals surface area contributed by atoms with E-state index in [-0.39, 0.29) is 16.9 Å². The Bertz CT molecular complexity index is 1530. The lowest BCUT2D eigenvalue weighted by Gasteiger charge is -2.26. The van der Waals surface area contributed by atoms with Gasteiger partial charge in [-0.3, -0.25) is 9.78 Å². The van der Waals surface area contributed by atoms with Crippen LogP contribution in [-0.2, 0) is 33.7 Å². The van der Waals surface area contributed by atoms with Crippen molar-refractivity contribution < 1.29 is 43.9 Å². The van der Waals surface area contributed by atoms with Crippen LogP contribution in [0.2, 0.25) is 0 Å². The summed E-state index contributed by atoms with van der Waals surface area (Å²) in [7, 11) is -4.52. The van der Waals surface area contributed by atoms with Crippen molar-refractivity contribution in [1.82, 2.24) is 29.6 Å². The van der Waals surface area contributed by atoms with Gasteiger partial charge in [0, 0.05) is 37.1 Å². The summed E-state index contributed by atoms with van der Waals surface area (Å²) in [6.07, 6.45) is -9.20. The van der Waals surface area contributed by atoms with Crippen molar-refractivity contribution in [2.45, 2.75) is 55.5 Å². The van der Waals surface area contributed by atoms with Crippen molar-refractivity contribution in [2.24, 2.45) is 0 Å².